The van der Waals surface area contributed by atoms with Crippen LogP contribution in [0.4, 0.5) is 17.1 Å². The molecule has 0 atom stereocenters. The van der Waals surface area contributed by atoms with Gasteiger partial charge in [0.2, 0.25) is 0 Å². The summed E-state index contributed by atoms with van der Waals surface area (Å²) in [7, 11) is 0. The number of hydrogen-bond acceptors (Lipinski definition) is 2. The summed E-state index contributed by atoms with van der Waals surface area (Å²) in [5, 5.41) is 5.10. The minimum absolute atomic E-state index is 0.112. The van der Waals surface area contributed by atoms with E-state index < -0.39 is 0 Å². The van der Waals surface area contributed by atoms with Crippen LogP contribution in [0.15, 0.2) is 231 Å². The molecule has 2 nitrogen and oxygen atoms in total. The van der Waals surface area contributed by atoms with Crippen molar-refractivity contribution in [3.8, 4) is 50.2 Å². The molecule has 0 bridgehead atoms. The lowest BCUT2D eigenvalue weighted by atomic mass is 9.82. The first-order chi connectivity index (χ1) is 32.5. The van der Waals surface area contributed by atoms with Crippen LogP contribution in [0.2, 0.25) is 0 Å². The third kappa shape index (κ3) is 6.08. The average molecular weight is 861 g/mol. The van der Waals surface area contributed by atoms with Crippen molar-refractivity contribution in [2.75, 3.05) is 4.90 Å². The van der Waals surface area contributed by atoms with Crippen LogP contribution in [0.25, 0.3) is 92.2 Å². The summed E-state index contributed by atoms with van der Waals surface area (Å²) in [6.45, 7) is 4.72. The Balaban J connectivity index is 0.951. The highest BCUT2D eigenvalue weighted by Gasteiger charge is 2.35. The Labute approximate surface area is 388 Å². The van der Waals surface area contributed by atoms with Crippen LogP contribution in [-0.4, -0.2) is 4.57 Å². The predicted octanol–water partition coefficient (Wildman–Crippen LogP) is 17.9. The van der Waals surface area contributed by atoms with Crippen LogP contribution in [0.5, 0.6) is 0 Å². The van der Waals surface area contributed by atoms with Crippen LogP contribution in [-0.2, 0) is 5.41 Å². The van der Waals surface area contributed by atoms with Gasteiger partial charge < -0.3 is 9.47 Å². The molecule has 0 amide bonds. The fraction of sp³-hybridized carbons (Fsp3) is 0.0476. The number of hydrogen-bond donors (Lipinski definition) is 0. The molecule has 0 saturated carbocycles. The van der Waals surface area contributed by atoms with Crippen LogP contribution in [0.3, 0.4) is 0 Å². The van der Waals surface area contributed by atoms with Gasteiger partial charge in [-0.15, -0.1) is 11.3 Å². The molecule has 0 spiro atoms. The summed E-state index contributed by atoms with van der Waals surface area (Å²) in [5.74, 6) is 0. The molecule has 0 N–H and O–H groups in total. The summed E-state index contributed by atoms with van der Waals surface area (Å²) < 4.78 is 5.00. The molecule has 0 fully saturated rings. The average Bonchev–Trinajstić information content (AvgIpc) is 4.00. The van der Waals surface area contributed by atoms with Crippen LogP contribution >= 0.6 is 11.3 Å². The Bertz CT molecular complexity index is 3820. The van der Waals surface area contributed by atoms with Gasteiger partial charge in [-0.25, -0.2) is 0 Å². The van der Waals surface area contributed by atoms with Crippen LogP contribution < -0.4 is 4.90 Å². The summed E-state index contributed by atoms with van der Waals surface area (Å²) in [5.41, 5.74) is 19.5. The van der Waals surface area contributed by atoms with Gasteiger partial charge in [0.25, 0.3) is 0 Å². The lowest BCUT2D eigenvalue weighted by Gasteiger charge is -2.28. The van der Waals surface area contributed by atoms with E-state index in [9.17, 15) is 0 Å². The molecule has 10 aromatic carbocycles. The molecule has 2 aromatic heterocycles. The van der Waals surface area contributed by atoms with Crippen molar-refractivity contribution in [3.05, 3.63) is 242 Å². The maximum atomic E-state index is 2.42. The summed E-state index contributed by atoms with van der Waals surface area (Å²) in [6, 6.07) is 85.1. The summed E-state index contributed by atoms with van der Waals surface area (Å²) >= 11 is 1.89. The van der Waals surface area contributed by atoms with E-state index in [-0.39, 0.29) is 5.41 Å². The van der Waals surface area contributed by atoms with Crippen molar-refractivity contribution >= 4 is 70.4 Å². The molecule has 12 aromatic rings. The zero-order valence-electron chi connectivity index (χ0n) is 36.7. The van der Waals surface area contributed by atoms with Crippen molar-refractivity contribution in [1.29, 1.82) is 0 Å². The number of aromatic nitrogens is 1. The molecule has 0 aliphatic heterocycles. The number of fused-ring (bicyclic) bond motifs is 9. The van der Waals surface area contributed by atoms with Gasteiger partial charge in [-0.1, -0.05) is 159 Å². The Kier molecular flexibility index (Phi) is 8.78. The van der Waals surface area contributed by atoms with E-state index >= 15 is 0 Å². The smallest absolute Gasteiger partial charge is 0.0541 e. The lowest BCUT2D eigenvalue weighted by molar-refractivity contribution is 0.660. The van der Waals surface area contributed by atoms with Gasteiger partial charge >= 0.3 is 0 Å². The van der Waals surface area contributed by atoms with E-state index in [2.05, 4.69) is 254 Å². The largest absolute Gasteiger partial charge is 0.310 e. The predicted molar refractivity (Wildman–Crippen MR) is 282 cm³/mol. The summed E-state index contributed by atoms with van der Waals surface area (Å²) in [6.07, 6.45) is 0. The standard InChI is InChI=1S/C63H44N2S/c1-63(2)57-22-12-9-19-50(57)51-35-34-49(40-58(51)63)64(47-30-25-42(26-31-47)41-15-5-3-6-16-41)48-32-27-43(28-33-48)54-38-45(39-56-53-21-11-14-24-61(53)66-62(54)56)44-29-36-60-55(37-44)52-20-10-13-23-59(52)65(60)46-17-7-4-8-18-46/h3-40H,1-2H3. The van der Waals surface area contributed by atoms with E-state index in [1.54, 1.807) is 0 Å². The van der Waals surface area contributed by atoms with E-state index in [0.717, 1.165) is 17.1 Å². The molecule has 2 heterocycles. The quantitative estimate of drug-likeness (QED) is 0.155. The maximum Gasteiger partial charge on any atom is 0.0541 e. The second kappa shape index (κ2) is 15.1. The molecule has 312 valence electrons. The van der Waals surface area contributed by atoms with E-state index in [1.807, 2.05) is 11.3 Å². The molecular weight excluding hydrogens is 817 g/mol. The van der Waals surface area contributed by atoms with Gasteiger partial charge in [-0.05, 0) is 135 Å². The second-order valence-electron chi connectivity index (χ2n) is 18.1. The lowest BCUT2D eigenvalue weighted by Crippen LogP contribution is -2.16. The molecule has 0 unspecified atom stereocenters. The first kappa shape index (κ1) is 38.5. The number of anilines is 3. The third-order valence-electron chi connectivity index (χ3n) is 14.0. The maximum absolute atomic E-state index is 2.42. The zero-order valence-corrected chi connectivity index (χ0v) is 37.6. The first-order valence-electron chi connectivity index (χ1n) is 22.8. The highest BCUT2D eigenvalue weighted by atomic mass is 32.1. The number of nitrogens with zero attached hydrogens (tertiary/aromatic N) is 2. The van der Waals surface area contributed by atoms with E-state index in [4.69, 9.17) is 0 Å². The monoisotopic (exact) mass is 860 g/mol. The van der Waals surface area contributed by atoms with Crippen molar-refractivity contribution in [1.82, 2.24) is 4.57 Å². The van der Waals surface area contributed by atoms with Crippen LogP contribution in [0, 0.1) is 0 Å². The SMILES string of the molecule is CC1(C)c2ccccc2-c2ccc(N(c3ccc(-c4ccccc4)cc3)c3ccc(-c4cc(-c5ccc6c(c5)c5ccccc5n6-c5ccccc5)cc5c4sc4ccccc45)cc3)cc21. The molecule has 0 saturated heterocycles. The minimum atomic E-state index is -0.112. The van der Waals surface area contributed by atoms with Gasteiger partial charge in [0.15, 0.2) is 0 Å². The normalized spacial score (nSPS) is 12.8. The van der Waals surface area contributed by atoms with Gasteiger partial charge in [0.05, 0.1) is 11.0 Å². The molecule has 1 aliphatic rings. The fourth-order valence-electron chi connectivity index (χ4n) is 10.7. The second-order valence-corrected chi connectivity index (χ2v) is 19.2. The molecule has 3 heteroatoms. The van der Waals surface area contributed by atoms with Crippen molar-refractivity contribution < 1.29 is 0 Å². The number of para-hydroxylation sites is 2. The molecular formula is C63H44N2S. The van der Waals surface area contributed by atoms with Gasteiger partial charge in [0.1, 0.15) is 0 Å². The van der Waals surface area contributed by atoms with Crippen LogP contribution in [0.1, 0.15) is 25.0 Å². The minimum Gasteiger partial charge on any atom is -0.310 e. The molecule has 0 radical (unpaired) electrons. The van der Waals surface area contributed by atoms with Crippen molar-refractivity contribution in [3.63, 3.8) is 0 Å². The van der Waals surface area contributed by atoms with E-state index in [0.29, 0.717) is 0 Å². The van der Waals surface area contributed by atoms with Gasteiger partial charge in [-0.3, -0.25) is 0 Å². The Morgan fingerprint density at radius 3 is 1.73 bits per heavy atom. The van der Waals surface area contributed by atoms with Crippen molar-refractivity contribution in [2.24, 2.45) is 0 Å². The third-order valence-corrected chi connectivity index (χ3v) is 15.2. The summed E-state index contributed by atoms with van der Waals surface area (Å²) in [4.78, 5) is 2.42. The van der Waals surface area contributed by atoms with Gasteiger partial charge in [-0.2, -0.15) is 0 Å². The molecule has 13 rings (SSSR count). The van der Waals surface area contributed by atoms with E-state index in [1.165, 1.54) is 103 Å². The Morgan fingerprint density at radius 1 is 0.364 bits per heavy atom. The molecule has 66 heavy (non-hydrogen) atoms. The Hall–Kier alpha value is -7.98. The topological polar surface area (TPSA) is 8.17 Å². The van der Waals surface area contributed by atoms with Gasteiger partial charge in [0, 0.05) is 64.7 Å². The number of rotatable bonds is 7. The zero-order chi connectivity index (χ0) is 43.9. The highest BCUT2D eigenvalue weighted by Crippen LogP contribution is 2.51. The Morgan fingerprint density at radius 2 is 0.939 bits per heavy atom. The fourth-order valence-corrected chi connectivity index (χ4v) is 11.9. The number of benzene rings is 10. The highest BCUT2D eigenvalue weighted by molar-refractivity contribution is 7.26. The first-order valence-corrected chi connectivity index (χ1v) is 23.6. The van der Waals surface area contributed by atoms with Crippen molar-refractivity contribution in [2.45, 2.75) is 19.3 Å². The molecule has 1 aliphatic carbocycles. The number of thiophene rings is 1.